The fourth-order valence-corrected chi connectivity index (χ4v) is 3.34. The van der Waals surface area contributed by atoms with Crippen LogP contribution in [0.1, 0.15) is 24.6 Å². The molecule has 0 radical (unpaired) electrons. The summed E-state index contributed by atoms with van der Waals surface area (Å²) in [7, 11) is 0. The molecule has 7 nitrogen and oxygen atoms in total. The summed E-state index contributed by atoms with van der Waals surface area (Å²) < 4.78 is 8.14. The minimum Gasteiger partial charge on any atom is -0.393 e. The molecule has 7 heteroatoms. The van der Waals surface area contributed by atoms with Crippen LogP contribution in [0.25, 0.3) is 11.2 Å². The zero-order valence-corrected chi connectivity index (χ0v) is 13.2. The Morgan fingerprint density at radius 1 is 1.25 bits per heavy atom. The second-order valence-corrected chi connectivity index (χ2v) is 6.20. The Balaban J connectivity index is 1.61. The van der Waals surface area contributed by atoms with Crippen LogP contribution >= 0.6 is 0 Å². The summed E-state index contributed by atoms with van der Waals surface area (Å²) in [4.78, 5) is 12.5. The van der Waals surface area contributed by atoms with Crippen molar-refractivity contribution in [2.45, 2.75) is 31.1 Å². The number of aliphatic hydroxyl groups excluding tert-OH is 1. The molecule has 0 saturated carbocycles. The van der Waals surface area contributed by atoms with Crippen molar-refractivity contribution in [1.29, 1.82) is 0 Å². The van der Waals surface area contributed by atoms with Gasteiger partial charge in [-0.25, -0.2) is 15.0 Å². The van der Waals surface area contributed by atoms with Crippen molar-refractivity contribution in [3.05, 3.63) is 48.5 Å². The van der Waals surface area contributed by atoms with E-state index in [4.69, 9.17) is 10.5 Å². The summed E-state index contributed by atoms with van der Waals surface area (Å²) in [6.07, 6.45) is 5.10. The van der Waals surface area contributed by atoms with Gasteiger partial charge in [0.1, 0.15) is 18.1 Å². The number of nitrogens with two attached hydrogens (primary N) is 1. The van der Waals surface area contributed by atoms with Crippen molar-refractivity contribution in [3.8, 4) is 0 Å². The number of fused-ring (bicyclic) bond motifs is 1. The van der Waals surface area contributed by atoms with Crippen LogP contribution in [0.3, 0.4) is 0 Å². The number of ether oxygens (including phenoxy) is 1. The number of hydrogen-bond acceptors (Lipinski definition) is 6. The van der Waals surface area contributed by atoms with Crippen LogP contribution in [0.5, 0.6) is 0 Å². The van der Waals surface area contributed by atoms with Gasteiger partial charge in [-0.3, -0.25) is 4.57 Å². The van der Waals surface area contributed by atoms with E-state index in [1.54, 1.807) is 6.33 Å². The average Bonchev–Trinajstić information content (AvgIpc) is 3.21. The smallest absolute Gasteiger partial charge is 0.167 e. The number of aliphatic hydroxyl groups is 1. The number of benzene rings is 1. The van der Waals surface area contributed by atoms with E-state index in [9.17, 15) is 5.11 Å². The first-order valence-corrected chi connectivity index (χ1v) is 7.96. The van der Waals surface area contributed by atoms with Gasteiger partial charge < -0.3 is 15.6 Å². The molecule has 124 valence electrons. The Kier molecular flexibility index (Phi) is 3.66. The molecule has 1 fully saturated rings. The van der Waals surface area contributed by atoms with E-state index in [-0.39, 0.29) is 12.8 Å². The zero-order chi connectivity index (χ0) is 16.6. The topological polar surface area (TPSA) is 99.1 Å². The molecule has 3 N–H and O–H groups in total. The highest BCUT2D eigenvalue weighted by Crippen LogP contribution is 2.39. The third kappa shape index (κ3) is 2.51. The van der Waals surface area contributed by atoms with Crippen LogP contribution in [-0.2, 0) is 11.2 Å². The molecule has 2 atom stereocenters. The van der Waals surface area contributed by atoms with Gasteiger partial charge in [-0.15, -0.1) is 0 Å². The van der Waals surface area contributed by atoms with Gasteiger partial charge in [0.25, 0.3) is 0 Å². The normalized spacial score (nSPS) is 23.8. The highest BCUT2D eigenvalue weighted by molar-refractivity contribution is 5.81. The summed E-state index contributed by atoms with van der Waals surface area (Å²) in [6.45, 7) is -0.0256. The number of nitrogen functional groups attached to an aromatic ring is 1. The van der Waals surface area contributed by atoms with Crippen molar-refractivity contribution >= 4 is 17.0 Å². The number of aromatic nitrogens is 4. The molecule has 0 bridgehead atoms. The minimum atomic E-state index is -0.582. The predicted molar refractivity (Wildman–Crippen MR) is 89.1 cm³/mol. The van der Waals surface area contributed by atoms with E-state index in [2.05, 4.69) is 27.1 Å². The lowest BCUT2D eigenvalue weighted by atomic mass is 9.92. The molecule has 1 saturated heterocycles. The van der Waals surface area contributed by atoms with Crippen molar-refractivity contribution in [2.75, 3.05) is 12.3 Å². The SMILES string of the molecule is Nc1ncnc2c1ncn2[C@H]1CC[C@](CO)(Cc2ccccc2)O1. The van der Waals surface area contributed by atoms with Crippen LogP contribution in [0.15, 0.2) is 43.0 Å². The Hall–Kier alpha value is -2.51. The second kappa shape index (κ2) is 5.85. The summed E-state index contributed by atoms with van der Waals surface area (Å²) in [5.41, 5.74) is 7.64. The molecule has 0 unspecified atom stereocenters. The maximum absolute atomic E-state index is 9.96. The number of anilines is 1. The molecule has 0 aliphatic carbocycles. The minimum absolute atomic E-state index is 0.0256. The van der Waals surface area contributed by atoms with Gasteiger partial charge in [0.15, 0.2) is 11.5 Å². The molecule has 1 aliphatic rings. The number of imidazole rings is 1. The molecule has 0 amide bonds. The molecule has 0 spiro atoms. The van der Waals surface area contributed by atoms with Crippen molar-refractivity contribution in [3.63, 3.8) is 0 Å². The number of hydrogen-bond donors (Lipinski definition) is 2. The van der Waals surface area contributed by atoms with Crippen LogP contribution in [0, 0.1) is 0 Å². The van der Waals surface area contributed by atoms with E-state index in [1.165, 1.54) is 6.33 Å². The lowest BCUT2D eigenvalue weighted by Gasteiger charge is -2.27. The Morgan fingerprint density at radius 3 is 2.88 bits per heavy atom. The first-order chi connectivity index (χ1) is 11.7. The van der Waals surface area contributed by atoms with Crippen LogP contribution < -0.4 is 5.73 Å². The second-order valence-electron chi connectivity index (χ2n) is 6.20. The van der Waals surface area contributed by atoms with Gasteiger partial charge in [-0.1, -0.05) is 30.3 Å². The first-order valence-electron chi connectivity index (χ1n) is 7.96. The van der Waals surface area contributed by atoms with E-state index in [0.29, 0.717) is 23.4 Å². The lowest BCUT2D eigenvalue weighted by Crippen LogP contribution is -2.35. The van der Waals surface area contributed by atoms with E-state index >= 15 is 0 Å². The van der Waals surface area contributed by atoms with Gasteiger partial charge in [-0.2, -0.15) is 0 Å². The number of rotatable bonds is 4. The van der Waals surface area contributed by atoms with E-state index in [0.717, 1.165) is 18.4 Å². The monoisotopic (exact) mass is 325 g/mol. The van der Waals surface area contributed by atoms with Gasteiger partial charge in [0, 0.05) is 6.42 Å². The third-order valence-corrected chi connectivity index (χ3v) is 4.59. The Labute approximate surface area is 139 Å². The summed E-state index contributed by atoms with van der Waals surface area (Å²) in [5.74, 6) is 0.356. The van der Waals surface area contributed by atoms with E-state index in [1.807, 2.05) is 22.8 Å². The van der Waals surface area contributed by atoms with Crippen molar-refractivity contribution in [1.82, 2.24) is 19.5 Å². The predicted octanol–water partition coefficient (Wildman–Crippen LogP) is 1.69. The van der Waals surface area contributed by atoms with Gasteiger partial charge in [-0.05, 0) is 18.4 Å². The summed E-state index contributed by atoms with van der Waals surface area (Å²) in [6, 6.07) is 10.1. The summed E-state index contributed by atoms with van der Waals surface area (Å²) in [5, 5.41) is 9.96. The fraction of sp³-hybridized carbons (Fsp3) is 0.353. The standard InChI is InChI=1S/C17H19N5O2/c18-15-14-16(20-10-19-15)22(11-21-14)13-6-7-17(9-23,24-13)8-12-4-2-1-3-5-12/h1-5,10-11,13,23H,6-9H2,(H2,18,19,20)/t13-,17-/m1/s1. The van der Waals surface area contributed by atoms with Gasteiger partial charge in [0.05, 0.1) is 18.5 Å². The lowest BCUT2D eigenvalue weighted by molar-refractivity contribution is -0.0962. The van der Waals surface area contributed by atoms with Crippen LogP contribution in [-0.4, -0.2) is 36.8 Å². The molecule has 24 heavy (non-hydrogen) atoms. The Morgan fingerprint density at radius 2 is 2.08 bits per heavy atom. The van der Waals surface area contributed by atoms with Crippen molar-refractivity contribution < 1.29 is 9.84 Å². The van der Waals surface area contributed by atoms with Crippen LogP contribution in [0.2, 0.25) is 0 Å². The molecule has 2 aromatic heterocycles. The molecule has 3 heterocycles. The molecule has 4 rings (SSSR count). The molecular weight excluding hydrogens is 306 g/mol. The average molecular weight is 325 g/mol. The quantitative estimate of drug-likeness (QED) is 0.757. The van der Waals surface area contributed by atoms with Crippen molar-refractivity contribution in [2.24, 2.45) is 0 Å². The molecular formula is C17H19N5O2. The molecule has 1 aliphatic heterocycles. The van der Waals surface area contributed by atoms with E-state index < -0.39 is 5.60 Å². The maximum atomic E-state index is 9.96. The number of nitrogens with zero attached hydrogens (tertiary/aromatic N) is 4. The first kappa shape index (κ1) is 15.0. The Bertz CT molecular complexity index is 851. The molecule has 1 aromatic carbocycles. The highest BCUT2D eigenvalue weighted by atomic mass is 16.5. The third-order valence-electron chi connectivity index (χ3n) is 4.59. The largest absolute Gasteiger partial charge is 0.393 e. The molecule has 3 aromatic rings. The zero-order valence-electron chi connectivity index (χ0n) is 13.2. The van der Waals surface area contributed by atoms with Gasteiger partial charge >= 0.3 is 0 Å². The summed E-state index contributed by atoms with van der Waals surface area (Å²) >= 11 is 0. The highest BCUT2D eigenvalue weighted by Gasteiger charge is 2.41. The van der Waals surface area contributed by atoms with Crippen LogP contribution in [0.4, 0.5) is 5.82 Å². The maximum Gasteiger partial charge on any atom is 0.167 e. The van der Waals surface area contributed by atoms with Gasteiger partial charge in [0.2, 0.25) is 0 Å². The fourth-order valence-electron chi connectivity index (χ4n) is 3.34.